The van der Waals surface area contributed by atoms with E-state index in [9.17, 15) is 13.6 Å². The Labute approximate surface area is 173 Å². The second kappa shape index (κ2) is 8.05. The largest absolute Gasteiger partial charge is 0.465 e. The number of carbonyl (C=O) groups is 1. The van der Waals surface area contributed by atoms with Gasteiger partial charge in [0, 0.05) is 47.4 Å². The van der Waals surface area contributed by atoms with E-state index in [2.05, 4.69) is 9.97 Å². The summed E-state index contributed by atoms with van der Waals surface area (Å²) in [4.78, 5) is 20.3. The number of amides is 1. The van der Waals surface area contributed by atoms with Crippen LogP contribution in [-0.2, 0) is 6.42 Å². The molecular formula is C23H25F2N3O2. The van der Waals surface area contributed by atoms with Crippen LogP contribution in [0.15, 0.2) is 30.3 Å². The van der Waals surface area contributed by atoms with E-state index in [1.165, 1.54) is 4.90 Å². The molecule has 0 unspecified atom stereocenters. The van der Waals surface area contributed by atoms with E-state index in [1.54, 1.807) is 0 Å². The molecule has 1 fully saturated rings. The summed E-state index contributed by atoms with van der Waals surface area (Å²) >= 11 is 0. The first-order valence-electron chi connectivity index (χ1n) is 10.2. The predicted octanol–water partition coefficient (Wildman–Crippen LogP) is 5.51. The summed E-state index contributed by atoms with van der Waals surface area (Å²) in [6.45, 7) is 4.78. The number of alkyl halides is 2. The molecule has 0 radical (unpaired) electrons. The third kappa shape index (κ3) is 4.01. The monoisotopic (exact) mass is 413 g/mol. The zero-order valence-electron chi connectivity index (χ0n) is 17.1. The van der Waals surface area contributed by atoms with E-state index >= 15 is 0 Å². The van der Waals surface area contributed by atoms with Gasteiger partial charge in [0.15, 0.2) is 0 Å². The van der Waals surface area contributed by atoms with Crippen LogP contribution in [-0.4, -0.2) is 45.6 Å². The van der Waals surface area contributed by atoms with Gasteiger partial charge in [-0.15, -0.1) is 0 Å². The quantitative estimate of drug-likeness (QED) is 0.592. The molecule has 1 aromatic carbocycles. The summed E-state index contributed by atoms with van der Waals surface area (Å²) in [5.74, 6) is 0.230. The van der Waals surface area contributed by atoms with Gasteiger partial charge in [0.1, 0.15) is 0 Å². The van der Waals surface area contributed by atoms with Gasteiger partial charge in [0.05, 0.1) is 5.69 Å². The molecule has 158 valence electrons. The Morgan fingerprint density at radius 2 is 1.87 bits per heavy atom. The molecule has 0 aliphatic carbocycles. The summed E-state index contributed by atoms with van der Waals surface area (Å²) < 4.78 is 26.9. The highest BCUT2D eigenvalue weighted by Crippen LogP contribution is 2.36. The molecule has 1 aliphatic rings. The molecule has 3 aromatic rings. The number of pyridine rings is 1. The van der Waals surface area contributed by atoms with Crippen LogP contribution < -0.4 is 0 Å². The average Bonchev–Trinajstić information content (AvgIpc) is 3.04. The van der Waals surface area contributed by atoms with Gasteiger partial charge in [0.2, 0.25) is 6.43 Å². The Hall–Kier alpha value is -2.96. The Morgan fingerprint density at radius 1 is 1.20 bits per heavy atom. The molecule has 0 spiro atoms. The maximum atomic E-state index is 13.5. The van der Waals surface area contributed by atoms with Crippen LogP contribution >= 0.6 is 0 Å². The molecule has 30 heavy (non-hydrogen) atoms. The van der Waals surface area contributed by atoms with Crippen molar-refractivity contribution in [1.82, 2.24) is 14.9 Å². The first-order chi connectivity index (χ1) is 14.3. The molecule has 3 heterocycles. The second-order valence-electron chi connectivity index (χ2n) is 8.06. The minimum Gasteiger partial charge on any atom is -0.465 e. The van der Waals surface area contributed by atoms with Crippen LogP contribution in [0.25, 0.3) is 22.2 Å². The van der Waals surface area contributed by atoms with E-state index < -0.39 is 12.5 Å². The molecule has 1 aliphatic heterocycles. The van der Waals surface area contributed by atoms with Gasteiger partial charge in [-0.3, -0.25) is 4.98 Å². The number of nitrogens with one attached hydrogen (secondary N) is 1. The minimum absolute atomic E-state index is 0.230. The zero-order valence-corrected chi connectivity index (χ0v) is 17.1. The van der Waals surface area contributed by atoms with Crippen molar-refractivity contribution in [3.63, 3.8) is 0 Å². The molecule has 0 saturated carbocycles. The van der Waals surface area contributed by atoms with Crippen LogP contribution in [0, 0.1) is 13.8 Å². The molecule has 0 bridgehead atoms. The number of halogens is 2. The van der Waals surface area contributed by atoms with Gasteiger partial charge in [-0.1, -0.05) is 6.07 Å². The SMILES string of the molecule is Cc1cc(-c2[nH]c3ccc(C4CCN(C(=O)O)CC4)cc3c2CC(F)F)cc(C)n1. The number of hydrogen-bond acceptors (Lipinski definition) is 2. The zero-order chi connectivity index (χ0) is 21.4. The molecule has 7 heteroatoms. The second-order valence-corrected chi connectivity index (χ2v) is 8.06. The molecule has 1 amide bonds. The lowest BCUT2D eigenvalue weighted by molar-refractivity contribution is 0.132. The van der Waals surface area contributed by atoms with Crippen LogP contribution in [0.5, 0.6) is 0 Å². The van der Waals surface area contributed by atoms with Crippen molar-refractivity contribution in [2.75, 3.05) is 13.1 Å². The van der Waals surface area contributed by atoms with Crippen molar-refractivity contribution in [3.05, 3.63) is 52.8 Å². The predicted molar refractivity (Wildman–Crippen MR) is 112 cm³/mol. The van der Waals surface area contributed by atoms with Crippen molar-refractivity contribution in [2.45, 2.75) is 45.5 Å². The average molecular weight is 413 g/mol. The number of aryl methyl sites for hydroxylation is 2. The summed E-state index contributed by atoms with van der Waals surface area (Å²) in [6, 6.07) is 9.81. The normalized spacial score (nSPS) is 15.3. The number of fused-ring (bicyclic) bond motifs is 1. The fraction of sp³-hybridized carbons (Fsp3) is 0.391. The molecular weight excluding hydrogens is 388 g/mol. The molecule has 1 saturated heterocycles. The molecule has 5 nitrogen and oxygen atoms in total. The number of carboxylic acid groups (broad SMARTS) is 1. The number of aromatic nitrogens is 2. The lowest BCUT2D eigenvalue weighted by Gasteiger charge is -2.30. The van der Waals surface area contributed by atoms with E-state index in [-0.39, 0.29) is 12.3 Å². The number of piperidine rings is 1. The van der Waals surface area contributed by atoms with Gasteiger partial charge >= 0.3 is 6.09 Å². The number of likely N-dealkylation sites (tertiary alicyclic amines) is 1. The standard InChI is InChI=1S/C23H25F2N3O2/c1-13-9-17(10-14(2)26-13)22-19(12-21(24)25)18-11-16(3-4-20(18)27-22)15-5-7-28(8-6-15)23(29)30/h3-4,9-11,15,21,27H,5-8,12H2,1-2H3,(H,29,30). The molecule has 4 rings (SSSR count). The van der Waals surface area contributed by atoms with Gasteiger partial charge in [-0.25, -0.2) is 13.6 Å². The van der Waals surface area contributed by atoms with Gasteiger partial charge < -0.3 is 15.0 Å². The fourth-order valence-corrected chi connectivity index (χ4v) is 4.51. The third-order valence-corrected chi connectivity index (χ3v) is 5.90. The Bertz CT molecular complexity index is 1070. The highest BCUT2D eigenvalue weighted by Gasteiger charge is 2.25. The van der Waals surface area contributed by atoms with Crippen molar-refractivity contribution in [3.8, 4) is 11.3 Å². The van der Waals surface area contributed by atoms with Crippen LogP contribution in [0.4, 0.5) is 13.6 Å². The topological polar surface area (TPSA) is 69.2 Å². The molecule has 2 aromatic heterocycles. The van der Waals surface area contributed by atoms with Gasteiger partial charge in [0.25, 0.3) is 0 Å². The van der Waals surface area contributed by atoms with Crippen LogP contribution in [0.2, 0.25) is 0 Å². The Morgan fingerprint density at radius 3 is 2.47 bits per heavy atom. The van der Waals surface area contributed by atoms with Crippen molar-refractivity contribution >= 4 is 17.0 Å². The highest BCUT2D eigenvalue weighted by atomic mass is 19.3. The first-order valence-corrected chi connectivity index (χ1v) is 10.2. The van der Waals surface area contributed by atoms with Crippen molar-refractivity contribution in [1.29, 1.82) is 0 Å². The maximum absolute atomic E-state index is 13.5. The smallest absolute Gasteiger partial charge is 0.407 e. The minimum atomic E-state index is -2.45. The Balaban J connectivity index is 1.75. The number of benzene rings is 1. The summed E-state index contributed by atoms with van der Waals surface area (Å²) in [5, 5.41) is 9.97. The van der Waals surface area contributed by atoms with Gasteiger partial charge in [-0.2, -0.15) is 0 Å². The van der Waals surface area contributed by atoms with E-state index in [1.807, 2.05) is 44.2 Å². The maximum Gasteiger partial charge on any atom is 0.407 e. The number of rotatable bonds is 4. The van der Waals surface area contributed by atoms with E-state index in [0.717, 1.165) is 52.0 Å². The van der Waals surface area contributed by atoms with E-state index in [4.69, 9.17) is 5.11 Å². The highest BCUT2D eigenvalue weighted by molar-refractivity contribution is 5.91. The number of H-pyrrole nitrogens is 1. The van der Waals surface area contributed by atoms with Crippen LogP contribution in [0.1, 0.15) is 41.3 Å². The summed E-state index contributed by atoms with van der Waals surface area (Å²) in [6.07, 6.45) is -2.18. The fourth-order valence-electron chi connectivity index (χ4n) is 4.51. The molecule has 0 atom stereocenters. The lowest BCUT2D eigenvalue weighted by atomic mass is 9.88. The summed E-state index contributed by atoms with van der Waals surface area (Å²) in [5.41, 5.74) is 5.81. The Kier molecular flexibility index (Phi) is 5.45. The first kappa shape index (κ1) is 20.3. The van der Waals surface area contributed by atoms with Crippen molar-refractivity contribution < 1.29 is 18.7 Å². The van der Waals surface area contributed by atoms with Crippen molar-refractivity contribution in [2.24, 2.45) is 0 Å². The number of hydrogen-bond donors (Lipinski definition) is 2. The van der Waals surface area contributed by atoms with Crippen LogP contribution in [0.3, 0.4) is 0 Å². The van der Waals surface area contributed by atoms with Gasteiger partial charge in [-0.05, 0) is 68.0 Å². The number of aromatic amines is 1. The molecule has 2 N–H and O–H groups in total. The lowest BCUT2D eigenvalue weighted by Crippen LogP contribution is -2.36. The number of nitrogens with zero attached hydrogens (tertiary/aromatic N) is 2. The summed E-state index contributed by atoms with van der Waals surface area (Å²) in [7, 11) is 0. The van der Waals surface area contributed by atoms with E-state index in [0.29, 0.717) is 18.7 Å². The third-order valence-electron chi connectivity index (χ3n) is 5.90.